The Kier molecular flexibility index (Phi) is 4.89. The van der Waals surface area contributed by atoms with Crippen LogP contribution >= 0.6 is 0 Å². The summed E-state index contributed by atoms with van der Waals surface area (Å²) in [7, 11) is -4.09. The molecular weight excluding hydrogens is 368 g/mol. The Morgan fingerprint density at radius 1 is 1.04 bits per heavy atom. The van der Waals surface area contributed by atoms with Crippen LogP contribution < -0.4 is 9.81 Å². The van der Waals surface area contributed by atoms with Gasteiger partial charge in [-0.1, -0.05) is 26.0 Å². The summed E-state index contributed by atoms with van der Waals surface area (Å²) in [5, 5.41) is 0.722. The maximum atomic E-state index is 12.5. The molecule has 0 saturated heterocycles. The first-order valence-electron chi connectivity index (χ1n) is 8.30. The van der Waals surface area contributed by atoms with E-state index in [0.29, 0.717) is 5.56 Å². The van der Waals surface area contributed by atoms with Gasteiger partial charge in [0, 0.05) is 23.1 Å². The summed E-state index contributed by atoms with van der Waals surface area (Å²) < 4.78 is 35.3. The molecule has 0 aliphatic carbocycles. The van der Waals surface area contributed by atoms with E-state index in [1.165, 1.54) is 49.4 Å². The highest BCUT2D eigenvalue weighted by Crippen LogP contribution is 2.28. The third-order valence-electron chi connectivity index (χ3n) is 4.13. The van der Waals surface area contributed by atoms with Crippen molar-refractivity contribution in [3.63, 3.8) is 0 Å². The molecule has 0 aliphatic rings. The maximum absolute atomic E-state index is 12.5. The predicted octanol–water partition coefficient (Wildman–Crippen LogP) is 3.89. The highest BCUT2D eigenvalue weighted by atomic mass is 32.2. The highest BCUT2D eigenvalue weighted by Gasteiger charge is 2.18. The number of carbonyl (C=O) groups excluding carboxylic acids is 1. The lowest BCUT2D eigenvalue weighted by atomic mass is 10.00. The van der Waals surface area contributed by atoms with Crippen molar-refractivity contribution < 1.29 is 21.8 Å². The predicted molar refractivity (Wildman–Crippen MR) is 101 cm³/mol. The van der Waals surface area contributed by atoms with Gasteiger partial charge in [-0.25, -0.2) is 4.79 Å². The minimum Gasteiger partial charge on any atom is -0.423 e. The van der Waals surface area contributed by atoms with Gasteiger partial charge in [0.1, 0.15) is 16.2 Å². The van der Waals surface area contributed by atoms with Crippen LogP contribution in [0.3, 0.4) is 0 Å². The van der Waals surface area contributed by atoms with Crippen molar-refractivity contribution in [2.24, 2.45) is 0 Å². The van der Waals surface area contributed by atoms with E-state index in [2.05, 4.69) is 0 Å². The van der Waals surface area contributed by atoms with Gasteiger partial charge in [-0.2, -0.15) is 8.42 Å². The van der Waals surface area contributed by atoms with Crippen molar-refractivity contribution in [3.05, 3.63) is 70.1 Å². The summed E-state index contributed by atoms with van der Waals surface area (Å²) in [5.41, 5.74) is 0.968. The summed E-state index contributed by atoms with van der Waals surface area (Å²) >= 11 is 0. The number of carbonyl (C=O) groups is 1. The molecule has 1 aromatic heterocycles. The van der Waals surface area contributed by atoms with Crippen LogP contribution in [0.4, 0.5) is 0 Å². The first-order valence-corrected chi connectivity index (χ1v) is 9.71. The fourth-order valence-corrected chi connectivity index (χ4v) is 3.65. The van der Waals surface area contributed by atoms with Gasteiger partial charge in [0.05, 0.1) is 0 Å². The summed E-state index contributed by atoms with van der Waals surface area (Å²) in [6.45, 7) is 5.30. The Hall–Kier alpha value is -2.93. The van der Waals surface area contributed by atoms with E-state index < -0.39 is 15.7 Å². The zero-order valence-corrected chi connectivity index (χ0v) is 15.9. The molecule has 0 atom stereocenters. The Morgan fingerprint density at radius 3 is 2.30 bits per heavy atom. The number of ketones is 1. The minimum absolute atomic E-state index is 0.0298. The van der Waals surface area contributed by atoms with Crippen molar-refractivity contribution >= 4 is 26.9 Å². The van der Waals surface area contributed by atoms with E-state index in [4.69, 9.17) is 8.60 Å². The SMILES string of the molecule is CC(=O)c1ccc(S(=O)(=O)Oc2ccc3c(C(C)C)cc(=O)oc3c2)cc1. The first kappa shape index (κ1) is 18.8. The molecule has 0 fully saturated rings. The second-order valence-electron chi connectivity index (χ2n) is 6.45. The number of rotatable bonds is 5. The van der Waals surface area contributed by atoms with Crippen molar-refractivity contribution in [2.75, 3.05) is 0 Å². The molecule has 0 unspecified atom stereocenters. The Balaban J connectivity index is 1.98. The molecule has 6 nitrogen and oxygen atoms in total. The van der Waals surface area contributed by atoms with Crippen molar-refractivity contribution in [3.8, 4) is 5.75 Å². The van der Waals surface area contributed by atoms with E-state index >= 15 is 0 Å². The molecule has 2 aromatic carbocycles. The van der Waals surface area contributed by atoms with Crippen molar-refractivity contribution in [1.29, 1.82) is 0 Å². The maximum Gasteiger partial charge on any atom is 0.339 e. The molecule has 0 spiro atoms. The molecule has 0 bridgehead atoms. The van der Waals surface area contributed by atoms with Crippen molar-refractivity contribution in [1.82, 2.24) is 0 Å². The summed E-state index contributed by atoms with van der Waals surface area (Å²) in [6, 6.07) is 11.5. The molecule has 0 N–H and O–H groups in total. The van der Waals surface area contributed by atoms with Crippen LogP contribution in [0.2, 0.25) is 0 Å². The fourth-order valence-electron chi connectivity index (χ4n) is 2.73. The zero-order chi connectivity index (χ0) is 19.8. The van der Waals surface area contributed by atoms with Gasteiger partial charge in [-0.3, -0.25) is 4.79 Å². The average molecular weight is 386 g/mol. The van der Waals surface area contributed by atoms with Crippen LogP contribution in [0.5, 0.6) is 5.75 Å². The molecule has 0 amide bonds. The van der Waals surface area contributed by atoms with Crippen LogP contribution in [0, 0.1) is 0 Å². The molecule has 27 heavy (non-hydrogen) atoms. The van der Waals surface area contributed by atoms with Crippen LogP contribution in [0.15, 0.2) is 62.6 Å². The van der Waals surface area contributed by atoms with Gasteiger partial charge in [0.2, 0.25) is 0 Å². The van der Waals surface area contributed by atoms with Gasteiger partial charge in [-0.05, 0) is 42.7 Å². The van der Waals surface area contributed by atoms with E-state index in [1.54, 1.807) is 6.07 Å². The van der Waals surface area contributed by atoms with Crippen LogP contribution in [0.1, 0.15) is 42.6 Å². The number of Topliss-reactive ketones (excluding diaryl/α,β-unsaturated/α-hetero) is 1. The summed E-state index contributed by atoms with van der Waals surface area (Å²) in [5.74, 6) is -0.0283. The zero-order valence-electron chi connectivity index (χ0n) is 15.1. The van der Waals surface area contributed by atoms with E-state index in [1.807, 2.05) is 13.8 Å². The lowest BCUT2D eigenvalue weighted by molar-refractivity contribution is 0.101. The number of fused-ring (bicyclic) bond motifs is 1. The fraction of sp³-hybridized carbons (Fsp3) is 0.200. The second-order valence-corrected chi connectivity index (χ2v) is 8.00. The van der Waals surface area contributed by atoms with Crippen LogP contribution in [-0.4, -0.2) is 14.2 Å². The van der Waals surface area contributed by atoms with Crippen LogP contribution in [0.25, 0.3) is 11.0 Å². The monoisotopic (exact) mass is 386 g/mol. The van der Waals surface area contributed by atoms with Crippen molar-refractivity contribution in [2.45, 2.75) is 31.6 Å². The van der Waals surface area contributed by atoms with Crippen LogP contribution in [-0.2, 0) is 10.1 Å². The molecule has 0 saturated carbocycles. The molecule has 0 radical (unpaired) electrons. The molecule has 1 heterocycles. The molecule has 140 valence electrons. The van der Waals surface area contributed by atoms with E-state index in [0.717, 1.165) is 10.9 Å². The molecule has 0 aliphatic heterocycles. The Labute approximate surface area is 156 Å². The van der Waals surface area contributed by atoms with E-state index in [9.17, 15) is 18.0 Å². The number of hydrogen-bond donors (Lipinski definition) is 0. The second kappa shape index (κ2) is 7.00. The van der Waals surface area contributed by atoms with E-state index in [-0.39, 0.29) is 27.9 Å². The molecule has 3 aromatic rings. The van der Waals surface area contributed by atoms with Gasteiger partial charge < -0.3 is 8.60 Å². The third-order valence-corrected chi connectivity index (χ3v) is 5.39. The topological polar surface area (TPSA) is 90.6 Å². The molecule has 3 rings (SSSR count). The number of hydrogen-bond acceptors (Lipinski definition) is 6. The van der Waals surface area contributed by atoms with Gasteiger partial charge in [-0.15, -0.1) is 0 Å². The smallest absolute Gasteiger partial charge is 0.339 e. The quantitative estimate of drug-likeness (QED) is 0.375. The standard InChI is InChI=1S/C20H18O6S/c1-12(2)18-11-20(22)25-19-10-15(6-9-17(18)19)26-27(23,24)16-7-4-14(5-8-16)13(3)21/h4-12H,1-3H3. The number of benzene rings is 2. The van der Waals surface area contributed by atoms with Gasteiger partial charge in [0.15, 0.2) is 5.78 Å². The minimum atomic E-state index is -4.09. The molecular formula is C20H18O6S. The normalized spacial score (nSPS) is 11.7. The summed E-state index contributed by atoms with van der Waals surface area (Å²) in [4.78, 5) is 23.0. The summed E-state index contributed by atoms with van der Waals surface area (Å²) in [6.07, 6.45) is 0. The first-order chi connectivity index (χ1) is 12.7. The van der Waals surface area contributed by atoms with Gasteiger partial charge in [0.25, 0.3) is 0 Å². The Bertz CT molecular complexity index is 1170. The largest absolute Gasteiger partial charge is 0.423 e. The van der Waals surface area contributed by atoms with Gasteiger partial charge >= 0.3 is 15.7 Å². The lowest BCUT2D eigenvalue weighted by Gasteiger charge is -2.11. The highest BCUT2D eigenvalue weighted by molar-refractivity contribution is 7.87. The lowest BCUT2D eigenvalue weighted by Crippen LogP contribution is -2.10. The third kappa shape index (κ3) is 3.93. The Morgan fingerprint density at radius 2 is 1.70 bits per heavy atom. The average Bonchev–Trinajstić information content (AvgIpc) is 2.60. The molecule has 7 heteroatoms.